The molecule has 2 atom stereocenters. The van der Waals surface area contributed by atoms with E-state index in [1.54, 1.807) is 20.8 Å². The molecule has 0 unspecified atom stereocenters. The van der Waals surface area contributed by atoms with E-state index in [-0.39, 0.29) is 30.2 Å². The van der Waals surface area contributed by atoms with Crippen LogP contribution in [-0.4, -0.2) is 96.0 Å². The minimum absolute atomic E-state index is 0.0831. The molecule has 15 heteroatoms. The van der Waals surface area contributed by atoms with Crippen LogP contribution in [-0.2, 0) is 30.4 Å². The summed E-state index contributed by atoms with van der Waals surface area (Å²) in [5.74, 6) is -2.81. The number of aliphatic carboxylic acids is 1. The number of hydrogen-bond donors (Lipinski definition) is 3. The SMILES string of the molecule is CC(C)(C)OC(=O)CCC(=O)N[C@@H](CSCCN(CCCNC(=O)OCC[Si](C)(C)C)[C@@H](c1cc(-c2cc(F)ccc2F)cn1Cc1ccccc1)C(C)(C)C)C(=O)O. The highest BCUT2D eigenvalue weighted by Gasteiger charge is 2.35. The van der Waals surface area contributed by atoms with Crippen LogP contribution in [0.4, 0.5) is 13.6 Å². The molecule has 0 saturated heterocycles. The second kappa shape index (κ2) is 22.4. The van der Waals surface area contributed by atoms with Gasteiger partial charge in [-0.05, 0) is 68.5 Å². The van der Waals surface area contributed by atoms with E-state index in [2.05, 4.69) is 60.5 Å². The Balaban J connectivity index is 1.88. The van der Waals surface area contributed by atoms with E-state index in [9.17, 15) is 28.7 Å². The van der Waals surface area contributed by atoms with E-state index >= 15 is 4.39 Å². The number of rotatable bonds is 22. The number of amides is 2. The number of carbonyl (C=O) groups is 4. The number of esters is 1. The Kier molecular flexibility index (Phi) is 18.7. The van der Waals surface area contributed by atoms with E-state index in [0.717, 1.165) is 29.4 Å². The van der Waals surface area contributed by atoms with Crippen molar-refractivity contribution in [1.29, 1.82) is 0 Å². The van der Waals surface area contributed by atoms with Crippen molar-refractivity contribution in [2.45, 2.75) is 111 Å². The minimum atomic E-state index is -1.37. The molecule has 3 rings (SSSR count). The van der Waals surface area contributed by atoms with Crippen molar-refractivity contribution in [3.8, 4) is 11.1 Å². The lowest BCUT2D eigenvalue weighted by Gasteiger charge is -2.41. The maximum atomic E-state index is 15.2. The Morgan fingerprint density at radius 3 is 2.27 bits per heavy atom. The van der Waals surface area contributed by atoms with Crippen molar-refractivity contribution in [1.82, 2.24) is 20.1 Å². The van der Waals surface area contributed by atoms with Gasteiger partial charge in [-0.1, -0.05) is 70.7 Å². The third kappa shape index (κ3) is 17.9. The Hall–Kier alpha value is -4.21. The monoisotopic (exact) mass is 858 g/mol. The van der Waals surface area contributed by atoms with Gasteiger partial charge in [0.05, 0.1) is 19.1 Å². The maximum Gasteiger partial charge on any atom is 0.407 e. The van der Waals surface area contributed by atoms with Gasteiger partial charge in [-0.2, -0.15) is 11.8 Å². The molecular weight excluding hydrogens is 795 g/mol. The first-order valence-electron chi connectivity index (χ1n) is 20.2. The molecule has 0 bridgehead atoms. The van der Waals surface area contributed by atoms with Crippen LogP contribution in [0.3, 0.4) is 0 Å². The van der Waals surface area contributed by atoms with Crippen molar-refractivity contribution in [2.75, 3.05) is 37.7 Å². The molecule has 1 aromatic heterocycles. The molecule has 0 fully saturated rings. The molecule has 59 heavy (non-hydrogen) atoms. The zero-order chi connectivity index (χ0) is 44.0. The van der Waals surface area contributed by atoms with Gasteiger partial charge >= 0.3 is 18.0 Å². The number of alkyl carbamates (subject to hydrolysis) is 1. The van der Waals surface area contributed by atoms with Crippen LogP contribution in [0.25, 0.3) is 11.1 Å². The van der Waals surface area contributed by atoms with Crippen molar-refractivity contribution in [2.24, 2.45) is 5.41 Å². The number of halogens is 2. The normalized spacial score (nSPS) is 13.2. The minimum Gasteiger partial charge on any atom is -0.480 e. The van der Waals surface area contributed by atoms with Gasteiger partial charge in [0.25, 0.3) is 0 Å². The van der Waals surface area contributed by atoms with Gasteiger partial charge in [0.1, 0.15) is 23.3 Å². The molecule has 3 aromatic rings. The standard InChI is InChI=1S/C44H64F2N4O7SSi/c1-43(2,3)40(37-26-32(34-27-33(45)16-17-35(34)46)29-50(37)28-31-14-11-10-12-15-31)49(21-13-20-47-42(55)56-23-25-59(7,8)9)22-24-58-30-36(41(53)54)48-38(51)18-19-39(52)57-44(4,5)6/h10-12,14-17,26-27,29,36,40H,13,18-25,28,30H2,1-9H3,(H,47,55)(H,48,51)(H,53,54)/t36-,40-/m0/s1. The molecule has 0 saturated carbocycles. The first-order chi connectivity index (χ1) is 27.5. The molecule has 0 radical (unpaired) electrons. The van der Waals surface area contributed by atoms with Gasteiger partial charge in [0.15, 0.2) is 0 Å². The topological polar surface area (TPSA) is 139 Å². The number of aromatic nitrogens is 1. The zero-order valence-corrected chi connectivity index (χ0v) is 38.0. The lowest BCUT2D eigenvalue weighted by Crippen LogP contribution is -2.43. The molecule has 0 aliphatic rings. The van der Waals surface area contributed by atoms with Gasteiger partial charge in [-0.15, -0.1) is 0 Å². The van der Waals surface area contributed by atoms with Gasteiger partial charge < -0.3 is 29.8 Å². The summed E-state index contributed by atoms with van der Waals surface area (Å²) in [6.07, 6.45) is 1.58. The highest BCUT2D eigenvalue weighted by atomic mass is 32.2. The second-order valence-corrected chi connectivity index (χ2v) is 24.8. The molecule has 1 heterocycles. The summed E-state index contributed by atoms with van der Waals surface area (Å²) >= 11 is 1.37. The van der Waals surface area contributed by atoms with Crippen LogP contribution >= 0.6 is 11.8 Å². The summed E-state index contributed by atoms with van der Waals surface area (Å²) < 4.78 is 42.5. The number of nitrogens with one attached hydrogen (secondary N) is 2. The number of carboxylic acids is 1. The number of hydrogen-bond acceptors (Lipinski definition) is 8. The summed E-state index contributed by atoms with van der Waals surface area (Å²) in [4.78, 5) is 51.8. The fourth-order valence-electron chi connectivity index (χ4n) is 6.50. The van der Waals surface area contributed by atoms with Gasteiger partial charge in [-0.25, -0.2) is 18.4 Å². The van der Waals surface area contributed by atoms with E-state index in [4.69, 9.17) is 9.47 Å². The molecule has 11 nitrogen and oxygen atoms in total. The quantitative estimate of drug-likeness (QED) is 0.0515. The molecule has 2 aromatic carbocycles. The molecule has 3 N–H and O–H groups in total. The first kappa shape index (κ1) is 49.2. The third-order valence-corrected chi connectivity index (χ3v) is 12.0. The molecule has 0 aliphatic carbocycles. The number of ether oxygens (including phenoxy) is 2. The fraction of sp³-hybridized carbons (Fsp3) is 0.545. The average molecular weight is 859 g/mol. The molecule has 326 valence electrons. The highest BCUT2D eigenvalue weighted by molar-refractivity contribution is 7.99. The Morgan fingerprint density at radius 1 is 0.949 bits per heavy atom. The molecule has 0 spiro atoms. The average Bonchev–Trinajstić information content (AvgIpc) is 3.51. The van der Waals surface area contributed by atoms with Crippen molar-refractivity contribution in [3.63, 3.8) is 0 Å². The van der Waals surface area contributed by atoms with Gasteiger partial charge in [0, 0.05) is 75.2 Å². The Morgan fingerprint density at radius 2 is 1.64 bits per heavy atom. The maximum absolute atomic E-state index is 15.2. The summed E-state index contributed by atoms with van der Waals surface area (Å²) in [5, 5.41) is 15.4. The van der Waals surface area contributed by atoms with Gasteiger partial charge in [0.2, 0.25) is 5.91 Å². The summed E-state index contributed by atoms with van der Waals surface area (Å²) in [6.45, 7) is 20.4. The predicted molar refractivity (Wildman–Crippen MR) is 233 cm³/mol. The Bertz CT molecular complexity index is 1840. The van der Waals surface area contributed by atoms with Crippen LogP contribution in [0, 0.1) is 17.0 Å². The van der Waals surface area contributed by atoms with Crippen LogP contribution in [0.15, 0.2) is 60.8 Å². The van der Waals surface area contributed by atoms with E-state index in [1.165, 1.54) is 17.8 Å². The summed E-state index contributed by atoms with van der Waals surface area (Å²) in [6, 6.07) is 14.6. The zero-order valence-electron chi connectivity index (χ0n) is 36.2. The van der Waals surface area contributed by atoms with Crippen molar-refractivity contribution in [3.05, 3.63) is 83.7 Å². The van der Waals surface area contributed by atoms with Crippen LogP contribution in [0.5, 0.6) is 0 Å². The number of thioether (sulfide) groups is 1. The number of carboxylic acid groups (broad SMARTS) is 1. The predicted octanol–water partition coefficient (Wildman–Crippen LogP) is 8.75. The third-order valence-electron chi connectivity index (χ3n) is 9.22. The second-order valence-electron chi connectivity index (χ2n) is 18.0. The number of carbonyl (C=O) groups excluding carboxylic acids is 3. The molecular formula is C44H64F2N4O7SSi. The van der Waals surface area contributed by atoms with E-state index in [0.29, 0.717) is 50.5 Å². The first-order valence-corrected chi connectivity index (χ1v) is 25.0. The van der Waals surface area contributed by atoms with Crippen molar-refractivity contribution >= 4 is 43.8 Å². The summed E-state index contributed by atoms with van der Waals surface area (Å²) in [7, 11) is -1.37. The number of benzene rings is 2. The van der Waals surface area contributed by atoms with Crippen LogP contribution in [0.1, 0.15) is 78.1 Å². The molecule has 0 aliphatic heterocycles. The van der Waals surface area contributed by atoms with Crippen LogP contribution in [0.2, 0.25) is 25.7 Å². The van der Waals surface area contributed by atoms with Gasteiger partial charge in [-0.3, -0.25) is 14.5 Å². The summed E-state index contributed by atoms with van der Waals surface area (Å²) in [5.41, 5.74) is 1.49. The van der Waals surface area contributed by atoms with Crippen molar-refractivity contribution < 1.29 is 42.5 Å². The highest BCUT2D eigenvalue weighted by Crippen LogP contribution is 2.41. The van der Waals surface area contributed by atoms with E-state index < -0.39 is 60.7 Å². The van der Waals surface area contributed by atoms with Crippen LogP contribution < -0.4 is 10.6 Å². The van der Waals surface area contributed by atoms with E-state index in [1.807, 2.05) is 42.6 Å². The smallest absolute Gasteiger partial charge is 0.407 e. The fourth-order valence-corrected chi connectivity index (χ4v) is 8.20. The lowest BCUT2D eigenvalue weighted by molar-refractivity contribution is -0.155. The Labute approximate surface area is 354 Å². The molecule has 2 amide bonds. The lowest BCUT2D eigenvalue weighted by atomic mass is 9.83. The largest absolute Gasteiger partial charge is 0.480 e. The number of nitrogens with zero attached hydrogens (tertiary/aromatic N) is 2.